The molecule has 0 aliphatic carbocycles. The number of phosphoric ester groups is 1. The number of phosphoric acid groups is 1. The van der Waals surface area contributed by atoms with Crippen LogP contribution in [0.4, 0.5) is 0 Å². The Bertz CT molecular complexity index is 1250. The third-order valence-corrected chi connectivity index (χ3v) is 11.2. The topological polar surface area (TPSA) is 195 Å². The second-order valence-corrected chi connectivity index (χ2v) is 17.6. The number of esters is 2. The van der Waals surface area contributed by atoms with Crippen molar-refractivity contribution in [3.05, 3.63) is 60.8 Å². The molecule has 0 saturated heterocycles. The van der Waals surface area contributed by atoms with Crippen molar-refractivity contribution in [2.75, 3.05) is 26.4 Å². The Morgan fingerprint density at radius 1 is 0.581 bits per heavy atom. The van der Waals surface area contributed by atoms with Gasteiger partial charge in [0.2, 0.25) is 0 Å². The van der Waals surface area contributed by atoms with Gasteiger partial charge in [-0.25, -0.2) is 4.57 Å². The molecule has 0 radical (unpaired) electrons. The summed E-state index contributed by atoms with van der Waals surface area (Å²) >= 11 is 0. The zero-order valence-corrected chi connectivity index (χ0v) is 39.6. The van der Waals surface area contributed by atoms with Crippen LogP contribution < -0.4 is 5.73 Å². The van der Waals surface area contributed by atoms with Crippen LogP contribution in [0.15, 0.2) is 60.8 Å². The average molecular weight is 898 g/mol. The normalized spacial score (nSPS) is 15.3. The molecule has 0 heterocycles. The minimum Gasteiger partial charge on any atom is -0.462 e. The number of hydrogen-bond acceptors (Lipinski definition) is 11. The van der Waals surface area contributed by atoms with Gasteiger partial charge >= 0.3 is 19.8 Å². The number of carbonyl (C=O) groups excluding carboxylic acids is 2. The van der Waals surface area contributed by atoms with Gasteiger partial charge in [-0.3, -0.25) is 18.6 Å². The SMILES string of the molecule is CCCCCCCC/C=C\CCCCCCCCCCCCCC(=O)OC[C@H](COP(=O)(O)OCCN)OC(=O)CCC[C@H](O)[C@@H](O)/C=C/C=C/C=C\C=C\[C@@H](O)CCCCC. The number of nitrogens with two attached hydrogens (primary N) is 1. The molecule has 0 bridgehead atoms. The van der Waals surface area contributed by atoms with E-state index in [4.69, 9.17) is 24.3 Å². The highest BCUT2D eigenvalue weighted by Crippen LogP contribution is 2.43. The van der Waals surface area contributed by atoms with Crippen LogP contribution in [0.25, 0.3) is 0 Å². The van der Waals surface area contributed by atoms with E-state index in [1.807, 2.05) is 0 Å². The van der Waals surface area contributed by atoms with E-state index in [0.717, 1.165) is 44.9 Å². The molecular formula is C49H88NO11P. The highest BCUT2D eigenvalue weighted by atomic mass is 31.2. The smallest absolute Gasteiger partial charge is 0.462 e. The summed E-state index contributed by atoms with van der Waals surface area (Å²) in [6.45, 7) is 3.23. The van der Waals surface area contributed by atoms with Crippen LogP contribution in [0.2, 0.25) is 0 Å². The molecule has 0 aliphatic rings. The highest BCUT2D eigenvalue weighted by molar-refractivity contribution is 7.47. The predicted octanol–water partition coefficient (Wildman–Crippen LogP) is 11.0. The maximum absolute atomic E-state index is 12.6. The summed E-state index contributed by atoms with van der Waals surface area (Å²) in [5.41, 5.74) is 5.33. The largest absolute Gasteiger partial charge is 0.472 e. The maximum atomic E-state index is 12.6. The third kappa shape index (κ3) is 41.6. The van der Waals surface area contributed by atoms with Crippen molar-refractivity contribution in [3.63, 3.8) is 0 Å². The van der Waals surface area contributed by atoms with Crippen LogP contribution in [-0.2, 0) is 32.7 Å². The molecule has 62 heavy (non-hydrogen) atoms. The lowest BCUT2D eigenvalue weighted by Gasteiger charge is -2.20. The molecule has 0 saturated carbocycles. The molecule has 0 amide bonds. The van der Waals surface area contributed by atoms with Crippen LogP contribution >= 0.6 is 7.82 Å². The van der Waals surface area contributed by atoms with Crippen LogP contribution in [0.1, 0.15) is 187 Å². The second kappa shape index (κ2) is 43.8. The molecule has 12 nitrogen and oxygen atoms in total. The average Bonchev–Trinajstić information content (AvgIpc) is 3.25. The Morgan fingerprint density at radius 3 is 1.66 bits per heavy atom. The number of unbranched alkanes of at least 4 members (excludes halogenated alkanes) is 19. The number of aliphatic hydroxyl groups excluding tert-OH is 3. The van der Waals surface area contributed by atoms with Crippen LogP contribution in [0.3, 0.4) is 0 Å². The van der Waals surface area contributed by atoms with Gasteiger partial charge in [0, 0.05) is 19.4 Å². The first-order chi connectivity index (χ1) is 30.0. The van der Waals surface area contributed by atoms with Crippen molar-refractivity contribution in [1.82, 2.24) is 0 Å². The van der Waals surface area contributed by atoms with Gasteiger partial charge in [-0.05, 0) is 51.4 Å². The van der Waals surface area contributed by atoms with Crippen LogP contribution in [0.5, 0.6) is 0 Å². The van der Waals surface area contributed by atoms with Gasteiger partial charge in [0.25, 0.3) is 0 Å². The first kappa shape index (κ1) is 59.6. The zero-order chi connectivity index (χ0) is 45.8. The van der Waals surface area contributed by atoms with Crippen LogP contribution in [0, 0.1) is 0 Å². The Kier molecular flexibility index (Phi) is 42.1. The quantitative estimate of drug-likeness (QED) is 0.0128. The van der Waals surface area contributed by atoms with Crippen molar-refractivity contribution >= 4 is 19.8 Å². The number of ether oxygens (including phenoxy) is 2. The summed E-state index contributed by atoms with van der Waals surface area (Å²) in [5.74, 6) is -1.16. The van der Waals surface area contributed by atoms with Crippen molar-refractivity contribution in [1.29, 1.82) is 0 Å². The lowest BCUT2D eigenvalue weighted by molar-refractivity contribution is -0.161. The number of rotatable bonds is 44. The van der Waals surface area contributed by atoms with E-state index >= 15 is 0 Å². The molecule has 13 heteroatoms. The molecule has 6 N–H and O–H groups in total. The van der Waals surface area contributed by atoms with Gasteiger partial charge in [0.15, 0.2) is 6.10 Å². The summed E-state index contributed by atoms with van der Waals surface area (Å²) in [7, 11) is -4.48. The van der Waals surface area contributed by atoms with E-state index in [9.17, 15) is 34.4 Å². The Labute approximate surface area is 376 Å². The van der Waals surface area contributed by atoms with Gasteiger partial charge in [0.05, 0.1) is 31.5 Å². The standard InChI is InChI=1S/C49H88NO11P/c1-3-5-7-8-9-10-11-12-13-14-15-16-17-18-19-20-21-22-23-28-32-38-48(54)58-42-45(43-60-62(56,57)59-41-40-50)61-49(55)39-33-37-47(53)46(52)36-31-27-25-24-26-30-35-44(51)34-29-6-4-2/h12-13,24-27,30-31,35-36,44-47,51-53H,3-11,14-23,28-29,32-34,37-43,50H2,1-2H3,(H,56,57)/b13-12-,26-24-,27-25+,35-30+,36-31+/t44-,45+,46-,47-/m0/s1. The van der Waals surface area contributed by atoms with Crippen molar-refractivity contribution in [2.24, 2.45) is 5.73 Å². The fourth-order valence-corrected chi connectivity index (χ4v) is 7.25. The van der Waals surface area contributed by atoms with E-state index in [2.05, 4.69) is 26.0 Å². The first-order valence-electron chi connectivity index (χ1n) is 24.1. The number of aliphatic hydroxyl groups is 3. The van der Waals surface area contributed by atoms with Gasteiger partial charge in [-0.1, -0.05) is 184 Å². The summed E-state index contributed by atoms with van der Waals surface area (Å²) in [6, 6.07) is 0. The van der Waals surface area contributed by atoms with E-state index in [1.54, 1.807) is 42.5 Å². The molecule has 0 aromatic heterocycles. The number of carbonyl (C=O) groups is 2. The molecule has 0 spiro atoms. The maximum Gasteiger partial charge on any atom is 0.472 e. The highest BCUT2D eigenvalue weighted by Gasteiger charge is 2.26. The Morgan fingerprint density at radius 2 is 1.08 bits per heavy atom. The Hall–Kier alpha value is -2.41. The van der Waals surface area contributed by atoms with Crippen molar-refractivity contribution in [2.45, 2.75) is 212 Å². The fourth-order valence-electron chi connectivity index (χ4n) is 6.48. The molecule has 360 valence electrons. The molecule has 0 aromatic rings. The van der Waals surface area contributed by atoms with E-state index < -0.39 is 50.8 Å². The molecular weight excluding hydrogens is 810 g/mol. The Balaban J connectivity index is 4.37. The van der Waals surface area contributed by atoms with Crippen molar-refractivity contribution in [3.8, 4) is 0 Å². The number of allylic oxidation sites excluding steroid dienone is 8. The fraction of sp³-hybridized carbons (Fsp3) is 0.755. The van der Waals surface area contributed by atoms with Crippen molar-refractivity contribution < 1.29 is 52.9 Å². The zero-order valence-electron chi connectivity index (χ0n) is 38.7. The molecule has 0 rings (SSSR count). The summed E-state index contributed by atoms with van der Waals surface area (Å²) in [4.78, 5) is 35.0. The summed E-state index contributed by atoms with van der Waals surface area (Å²) in [5, 5.41) is 30.5. The van der Waals surface area contributed by atoms with E-state index in [-0.39, 0.29) is 45.4 Å². The molecule has 0 fully saturated rings. The van der Waals surface area contributed by atoms with Gasteiger partial charge in [-0.2, -0.15) is 0 Å². The summed E-state index contributed by atoms with van der Waals surface area (Å²) in [6.07, 6.45) is 41.9. The van der Waals surface area contributed by atoms with E-state index in [0.29, 0.717) is 6.42 Å². The second-order valence-electron chi connectivity index (χ2n) is 16.2. The molecule has 5 atom stereocenters. The third-order valence-electron chi connectivity index (χ3n) is 10.2. The molecule has 1 unspecified atom stereocenters. The minimum absolute atomic E-state index is 0.00417. The minimum atomic E-state index is -4.48. The van der Waals surface area contributed by atoms with E-state index in [1.165, 1.54) is 102 Å². The lowest BCUT2D eigenvalue weighted by Crippen LogP contribution is -2.30. The molecule has 0 aliphatic heterocycles. The van der Waals surface area contributed by atoms with Gasteiger partial charge < -0.3 is 35.4 Å². The van der Waals surface area contributed by atoms with Gasteiger partial charge in [0.1, 0.15) is 6.61 Å². The first-order valence-corrected chi connectivity index (χ1v) is 25.6. The predicted molar refractivity (Wildman–Crippen MR) is 251 cm³/mol. The van der Waals surface area contributed by atoms with Crippen LogP contribution in [-0.4, -0.2) is 82.9 Å². The molecule has 0 aromatic carbocycles. The summed E-state index contributed by atoms with van der Waals surface area (Å²) < 4.78 is 32.6. The number of hydrogen-bond donors (Lipinski definition) is 5. The monoisotopic (exact) mass is 898 g/mol. The van der Waals surface area contributed by atoms with Gasteiger partial charge in [-0.15, -0.1) is 0 Å². The lowest BCUT2D eigenvalue weighted by atomic mass is 10.0.